The van der Waals surface area contributed by atoms with Gasteiger partial charge < -0.3 is 4.90 Å². The molecule has 4 aromatic carbocycles. The normalized spacial score (nSPS) is 12.8. The molecule has 1 heterocycles. The van der Waals surface area contributed by atoms with Crippen molar-refractivity contribution in [2.45, 2.75) is 13.3 Å². The Labute approximate surface area is 202 Å². The maximum atomic E-state index is 13.4. The summed E-state index contributed by atoms with van der Waals surface area (Å²) in [6.07, 6.45) is 0.385. The Kier molecular flexibility index (Phi) is 5.87. The fourth-order valence-corrected chi connectivity index (χ4v) is 4.56. The van der Waals surface area contributed by atoms with Crippen LogP contribution in [0.4, 0.5) is 10.1 Å². The summed E-state index contributed by atoms with van der Waals surface area (Å²) in [6, 6.07) is 23.8. The van der Waals surface area contributed by atoms with Gasteiger partial charge in [0.15, 0.2) is 0 Å². The van der Waals surface area contributed by atoms with Crippen LogP contribution in [0, 0.1) is 12.7 Å². The van der Waals surface area contributed by atoms with Crippen molar-refractivity contribution in [2.75, 3.05) is 18.0 Å². The minimum absolute atomic E-state index is 0.168. The number of halogens is 1. The summed E-state index contributed by atoms with van der Waals surface area (Å²) >= 11 is 0. The lowest BCUT2D eigenvalue weighted by atomic mass is 9.94. The number of anilines is 1. The highest BCUT2D eigenvalue weighted by molar-refractivity contribution is 6.25. The van der Waals surface area contributed by atoms with Crippen LogP contribution < -0.4 is 4.90 Å². The molecule has 0 fully saturated rings. The summed E-state index contributed by atoms with van der Waals surface area (Å²) in [4.78, 5) is 42.5. The van der Waals surface area contributed by atoms with Gasteiger partial charge in [0, 0.05) is 40.9 Å². The molecule has 4 aromatic rings. The molecule has 35 heavy (non-hydrogen) atoms. The molecule has 0 aromatic heterocycles. The van der Waals surface area contributed by atoms with Gasteiger partial charge in [0.25, 0.3) is 17.7 Å². The number of benzene rings is 4. The van der Waals surface area contributed by atoms with Crippen LogP contribution in [-0.4, -0.2) is 35.7 Å². The Morgan fingerprint density at radius 1 is 0.857 bits per heavy atom. The molecular formula is C29H23FN2O3. The van der Waals surface area contributed by atoms with Crippen LogP contribution >= 0.6 is 0 Å². The van der Waals surface area contributed by atoms with E-state index in [4.69, 9.17) is 0 Å². The highest BCUT2D eigenvalue weighted by Gasteiger charge is 2.32. The molecule has 0 bridgehead atoms. The van der Waals surface area contributed by atoms with Gasteiger partial charge in [0.2, 0.25) is 0 Å². The molecule has 174 valence electrons. The standard InChI is InChI=1S/C29H23FN2O3/c1-19-6-2-9-23(18-19)31(27(33)21-12-14-22(30)15-13-21)16-5-17-32-28(34)24-10-3-7-20-8-4-11-25(26(20)24)29(32)35/h2-4,6-15,18H,5,16-17H2,1H3. The molecule has 0 unspecified atom stereocenters. The largest absolute Gasteiger partial charge is 0.308 e. The molecule has 1 aliphatic heterocycles. The van der Waals surface area contributed by atoms with Crippen molar-refractivity contribution in [3.8, 4) is 0 Å². The molecule has 0 saturated heterocycles. The first-order valence-corrected chi connectivity index (χ1v) is 11.5. The van der Waals surface area contributed by atoms with E-state index in [0.717, 1.165) is 10.9 Å². The molecule has 0 radical (unpaired) electrons. The maximum Gasteiger partial charge on any atom is 0.261 e. The van der Waals surface area contributed by atoms with E-state index in [9.17, 15) is 18.8 Å². The summed E-state index contributed by atoms with van der Waals surface area (Å²) in [7, 11) is 0. The second-order valence-corrected chi connectivity index (χ2v) is 8.63. The van der Waals surface area contributed by atoms with Gasteiger partial charge in [-0.25, -0.2) is 4.39 Å². The molecule has 5 rings (SSSR count). The topological polar surface area (TPSA) is 57.7 Å². The number of carbonyl (C=O) groups excluding carboxylic acids is 3. The van der Waals surface area contributed by atoms with Gasteiger partial charge in [-0.2, -0.15) is 0 Å². The predicted molar refractivity (Wildman–Crippen MR) is 133 cm³/mol. The van der Waals surface area contributed by atoms with E-state index in [-0.39, 0.29) is 30.8 Å². The van der Waals surface area contributed by atoms with E-state index in [1.54, 1.807) is 17.0 Å². The van der Waals surface area contributed by atoms with Crippen LogP contribution in [-0.2, 0) is 0 Å². The fraction of sp³-hybridized carbons (Fsp3) is 0.138. The summed E-state index contributed by atoms with van der Waals surface area (Å²) in [5, 5.41) is 1.55. The first kappa shape index (κ1) is 22.5. The van der Waals surface area contributed by atoms with Gasteiger partial charge in [0.1, 0.15) is 5.82 Å². The van der Waals surface area contributed by atoms with Gasteiger partial charge in [0.05, 0.1) is 0 Å². The number of hydrogen-bond acceptors (Lipinski definition) is 3. The van der Waals surface area contributed by atoms with Gasteiger partial charge in [-0.15, -0.1) is 0 Å². The average molecular weight is 467 g/mol. The maximum absolute atomic E-state index is 13.4. The SMILES string of the molecule is Cc1cccc(N(CCCN2C(=O)c3cccc4cccc(c34)C2=O)C(=O)c2ccc(F)cc2)c1. The fourth-order valence-electron chi connectivity index (χ4n) is 4.56. The summed E-state index contributed by atoms with van der Waals surface area (Å²) in [5.74, 6) is -1.35. The average Bonchev–Trinajstić information content (AvgIpc) is 2.87. The third-order valence-electron chi connectivity index (χ3n) is 6.27. The predicted octanol–water partition coefficient (Wildman–Crippen LogP) is 5.62. The van der Waals surface area contributed by atoms with Crippen molar-refractivity contribution in [2.24, 2.45) is 0 Å². The van der Waals surface area contributed by atoms with Crippen LogP contribution in [0.3, 0.4) is 0 Å². The van der Waals surface area contributed by atoms with Crippen molar-refractivity contribution in [3.63, 3.8) is 0 Å². The highest BCUT2D eigenvalue weighted by atomic mass is 19.1. The summed E-state index contributed by atoms with van der Waals surface area (Å²) in [6.45, 7) is 2.39. The van der Waals surface area contributed by atoms with Gasteiger partial charge >= 0.3 is 0 Å². The van der Waals surface area contributed by atoms with E-state index in [1.165, 1.54) is 29.2 Å². The summed E-state index contributed by atoms with van der Waals surface area (Å²) in [5.41, 5.74) is 3.07. The molecule has 0 spiro atoms. The zero-order valence-electron chi connectivity index (χ0n) is 19.2. The van der Waals surface area contributed by atoms with Crippen LogP contribution in [0.1, 0.15) is 43.1 Å². The molecule has 5 nitrogen and oxygen atoms in total. The Bertz CT molecular complexity index is 1410. The number of amides is 3. The Morgan fingerprint density at radius 2 is 1.49 bits per heavy atom. The van der Waals surface area contributed by atoms with Crippen LogP contribution in [0.2, 0.25) is 0 Å². The number of nitrogens with zero attached hydrogens (tertiary/aromatic N) is 2. The number of rotatable bonds is 6. The molecule has 0 aliphatic carbocycles. The Morgan fingerprint density at radius 3 is 2.11 bits per heavy atom. The molecular weight excluding hydrogens is 443 g/mol. The van der Waals surface area contributed by atoms with E-state index in [2.05, 4.69) is 0 Å². The molecule has 0 atom stereocenters. The van der Waals surface area contributed by atoms with Crippen LogP contribution in [0.25, 0.3) is 10.8 Å². The number of imide groups is 1. The zero-order chi connectivity index (χ0) is 24.5. The van der Waals surface area contributed by atoms with E-state index < -0.39 is 5.82 Å². The highest BCUT2D eigenvalue weighted by Crippen LogP contribution is 2.30. The van der Waals surface area contributed by atoms with E-state index in [1.807, 2.05) is 55.5 Å². The lowest BCUT2D eigenvalue weighted by molar-refractivity contribution is 0.0610. The Balaban J connectivity index is 1.39. The quantitative estimate of drug-likeness (QED) is 0.347. The van der Waals surface area contributed by atoms with Crippen molar-refractivity contribution >= 4 is 34.2 Å². The first-order valence-electron chi connectivity index (χ1n) is 11.5. The lowest BCUT2D eigenvalue weighted by Crippen LogP contribution is -2.42. The third kappa shape index (κ3) is 4.19. The third-order valence-corrected chi connectivity index (χ3v) is 6.27. The number of carbonyl (C=O) groups is 3. The smallest absolute Gasteiger partial charge is 0.261 e. The first-order chi connectivity index (χ1) is 16.9. The second-order valence-electron chi connectivity index (χ2n) is 8.63. The number of aryl methyl sites for hydroxylation is 1. The minimum Gasteiger partial charge on any atom is -0.308 e. The number of hydrogen-bond donors (Lipinski definition) is 0. The van der Waals surface area contributed by atoms with Crippen molar-refractivity contribution in [1.82, 2.24) is 4.90 Å². The zero-order valence-corrected chi connectivity index (χ0v) is 19.2. The van der Waals surface area contributed by atoms with Gasteiger partial charge in [-0.1, -0.05) is 36.4 Å². The molecule has 0 N–H and O–H groups in total. The van der Waals surface area contributed by atoms with Gasteiger partial charge in [-0.05, 0) is 72.8 Å². The molecule has 0 saturated carbocycles. The monoisotopic (exact) mass is 466 g/mol. The minimum atomic E-state index is -0.416. The Hall–Kier alpha value is -4.32. The van der Waals surface area contributed by atoms with Crippen molar-refractivity contribution in [1.29, 1.82) is 0 Å². The van der Waals surface area contributed by atoms with E-state index >= 15 is 0 Å². The van der Waals surface area contributed by atoms with Gasteiger partial charge in [-0.3, -0.25) is 19.3 Å². The molecule has 1 aliphatic rings. The van der Waals surface area contributed by atoms with Crippen molar-refractivity contribution in [3.05, 3.63) is 113 Å². The van der Waals surface area contributed by atoms with Crippen molar-refractivity contribution < 1.29 is 18.8 Å². The lowest BCUT2D eigenvalue weighted by Gasteiger charge is -2.29. The van der Waals surface area contributed by atoms with E-state index in [0.29, 0.717) is 34.2 Å². The summed E-state index contributed by atoms with van der Waals surface area (Å²) < 4.78 is 13.4. The van der Waals surface area contributed by atoms with Crippen LogP contribution in [0.5, 0.6) is 0 Å². The molecule has 6 heteroatoms. The van der Waals surface area contributed by atoms with Crippen LogP contribution in [0.15, 0.2) is 84.9 Å². The second kappa shape index (κ2) is 9.14. The molecule has 3 amide bonds.